The monoisotopic (exact) mass is 1090 g/mol. The van der Waals surface area contributed by atoms with Crippen LogP contribution in [0.25, 0.3) is 10.4 Å². The Balaban J connectivity index is 1.04. The third-order valence-corrected chi connectivity index (χ3v) is 15.1. The highest BCUT2D eigenvalue weighted by atomic mass is 32.1. The number of β-amino-alcohol motifs (C(OH)–C–C–N with tert-alkyl or cyclic N) is 1. The second-order valence-corrected chi connectivity index (χ2v) is 23.3. The number of hydrogen-bond donors (Lipinski definition) is 6. The molecule has 3 saturated heterocycles. The third kappa shape index (κ3) is 16.0. The summed E-state index contributed by atoms with van der Waals surface area (Å²) in [6.45, 7) is 15.4. The normalized spacial score (nSPS) is 20.9. The second kappa shape index (κ2) is 25.6. The largest absolute Gasteiger partial charge is 0.488 e. The first kappa shape index (κ1) is 59.6. The molecule has 0 aliphatic carbocycles. The lowest BCUT2D eigenvalue weighted by atomic mass is 9.85. The molecule has 3 aliphatic rings. The number of carbonyl (C=O) groups is 8. The average molecular weight is 1090 g/mol. The van der Waals surface area contributed by atoms with Gasteiger partial charge in [0.05, 0.1) is 40.8 Å². The molecular formula is C55H76FN9O11S. The molecule has 3 fully saturated rings. The fourth-order valence-corrected chi connectivity index (χ4v) is 10.8. The van der Waals surface area contributed by atoms with Gasteiger partial charge in [-0.2, -0.15) is 0 Å². The molecule has 6 rings (SSSR count). The summed E-state index contributed by atoms with van der Waals surface area (Å²) in [4.78, 5) is 117. The molecule has 4 heterocycles. The number of amides is 8. The number of aliphatic hydroxyl groups excluding tert-OH is 1. The van der Waals surface area contributed by atoms with Crippen molar-refractivity contribution in [3.05, 3.63) is 70.6 Å². The number of aliphatic hydroxyl groups is 1. The van der Waals surface area contributed by atoms with Crippen LogP contribution in [-0.4, -0.2) is 146 Å². The molecule has 3 aliphatic heterocycles. The highest BCUT2D eigenvalue weighted by Gasteiger charge is 2.47. The van der Waals surface area contributed by atoms with E-state index in [4.69, 9.17) is 15.2 Å². The van der Waals surface area contributed by atoms with Crippen molar-refractivity contribution >= 4 is 58.8 Å². The van der Waals surface area contributed by atoms with Gasteiger partial charge in [-0.3, -0.25) is 33.6 Å². The van der Waals surface area contributed by atoms with Crippen molar-refractivity contribution in [2.75, 3.05) is 26.2 Å². The second-order valence-electron chi connectivity index (χ2n) is 22.4. The highest BCUT2D eigenvalue weighted by Crippen LogP contribution is 2.32. The molecule has 3 unspecified atom stereocenters. The fraction of sp³-hybridized carbons (Fsp3) is 0.582. The van der Waals surface area contributed by atoms with Gasteiger partial charge < -0.3 is 56.3 Å². The smallest absolute Gasteiger partial charge is 0.408 e. The van der Waals surface area contributed by atoms with Crippen LogP contribution < -0.4 is 31.7 Å². The van der Waals surface area contributed by atoms with E-state index in [1.165, 1.54) is 27.7 Å². The number of likely N-dealkylation sites (tertiary alicyclic amines) is 1. The maximum absolute atomic E-state index is 16.1. The van der Waals surface area contributed by atoms with E-state index in [2.05, 4.69) is 26.3 Å². The molecule has 0 spiro atoms. The lowest BCUT2D eigenvalue weighted by Gasteiger charge is -2.38. The molecule has 2 aromatic carbocycles. The van der Waals surface area contributed by atoms with Crippen molar-refractivity contribution < 1.29 is 57.3 Å². The number of carbonyl (C=O) groups excluding carboxylic acids is 8. The molecule has 0 radical (unpaired) electrons. The lowest BCUT2D eigenvalue weighted by molar-refractivity contribution is -0.145. The molecule has 8 atom stereocenters. The van der Waals surface area contributed by atoms with E-state index in [0.29, 0.717) is 12.8 Å². The summed E-state index contributed by atoms with van der Waals surface area (Å²) < 4.78 is 27.4. The van der Waals surface area contributed by atoms with Crippen LogP contribution >= 0.6 is 11.3 Å². The van der Waals surface area contributed by atoms with Crippen LogP contribution in [0.4, 0.5) is 9.18 Å². The highest BCUT2D eigenvalue weighted by molar-refractivity contribution is 7.13. The van der Waals surface area contributed by atoms with Gasteiger partial charge in [-0.1, -0.05) is 57.2 Å². The van der Waals surface area contributed by atoms with Crippen LogP contribution in [0.15, 0.2) is 48.0 Å². The minimum Gasteiger partial charge on any atom is -0.488 e. The number of nitrogens with one attached hydrogen (secondary N) is 4. The quantitative estimate of drug-likeness (QED) is 0.0963. The van der Waals surface area contributed by atoms with E-state index < -0.39 is 107 Å². The predicted octanol–water partition coefficient (Wildman–Crippen LogP) is 4.58. The molecule has 0 saturated carbocycles. The molecule has 22 heteroatoms. The summed E-state index contributed by atoms with van der Waals surface area (Å²) in [5, 5.41) is 22.1. The van der Waals surface area contributed by atoms with Gasteiger partial charge in [-0.15, -0.1) is 11.3 Å². The van der Waals surface area contributed by atoms with Crippen molar-refractivity contribution in [3.63, 3.8) is 0 Å². The van der Waals surface area contributed by atoms with Gasteiger partial charge >= 0.3 is 6.09 Å². The minimum absolute atomic E-state index is 0.0275. The Morgan fingerprint density at radius 1 is 0.922 bits per heavy atom. The number of primary amides is 1. The SMILES string of the molecule is CC(=O)N1CC[C@H]2CC[C@@H](C(=O)NC(CCC(N)=O)COc3cccc(CCCC(=O)NC(C(=O)N4C[C@H](O)C[C@H]4C(=O)NC(C)c4ccc(-c5scnc5C)cc4)C(C)(C)C)c3F)N2C(=O)[C@@H](NC(=O)OC(C)(C)C)C1. The number of benzene rings is 2. The Labute approximate surface area is 453 Å². The summed E-state index contributed by atoms with van der Waals surface area (Å²) in [5.41, 5.74) is 8.65. The molecule has 1 aromatic heterocycles. The van der Waals surface area contributed by atoms with Gasteiger partial charge in [0, 0.05) is 45.3 Å². The van der Waals surface area contributed by atoms with Crippen molar-refractivity contribution in [2.24, 2.45) is 11.1 Å². The number of aromatic nitrogens is 1. The number of nitrogens with zero attached hydrogens (tertiary/aromatic N) is 4. The minimum atomic E-state index is -1.21. The number of ether oxygens (including phenoxy) is 2. The van der Waals surface area contributed by atoms with E-state index in [0.717, 1.165) is 21.7 Å². The van der Waals surface area contributed by atoms with Crippen LogP contribution in [0.2, 0.25) is 0 Å². The van der Waals surface area contributed by atoms with Crippen LogP contribution in [0.5, 0.6) is 5.75 Å². The number of alkyl carbamates (subject to hydrolysis) is 1. The number of rotatable bonds is 19. The zero-order chi connectivity index (χ0) is 56.5. The van der Waals surface area contributed by atoms with Gasteiger partial charge in [-0.05, 0) is 101 Å². The number of aryl methyl sites for hydroxylation is 2. The lowest BCUT2D eigenvalue weighted by Crippen LogP contribution is -2.61. The van der Waals surface area contributed by atoms with E-state index in [9.17, 15) is 43.5 Å². The molecule has 3 aromatic rings. The van der Waals surface area contributed by atoms with E-state index >= 15 is 4.39 Å². The Morgan fingerprint density at radius 2 is 1.62 bits per heavy atom. The number of thiazole rings is 1. The van der Waals surface area contributed by atoms with Crippen molar-refractivity contribution in [1.82, 2.24) is 41.0 Å². The van der Waals surface area contributed by atoms with Gasteiger partial charge in [-0.25, -0.2) is 14.2 Å². The third-order valence-electron chi connectivity index (χ3n) is 14.1. The molecule has 8 amide bonds. The summed E-state index contributed by atoms with van der Waals surface area (Å²) >= 11 is 1.55. The van der Waals surface area contributed by atoms with Crippen molar-refractivity contribution in [1.29, 1.82) is 0 Å². The van der Waals surface area contributed by atoms with E-state index in [1.807, 2.05) is 38.1 Å². The van der Waals surface area contributed by atoms with E-state index in [1.54, 1.807) is 70.5 Å². The van der Waals surface area contributed by atoms with Crippen molar-refractivity contribution in [2.45, 2.75) is 174 Å². The molecule has 7 N–H and O–H groups in total. The summed E-state index contributed by atoms with van der Waals surface area (Å²) in [7, 11) is 0. The maximum atomic E-state index is 16.1. The number of hydrogen-bond acceptors (Lipinski definition) is 13. The van der Waals surface area contributed by atoms with Gasteiger partial charge in [0.1, 0.15) is 36.4 Å². The Hall–Kier alpha value is -6.68. The molecular weight excluding hydrogens is 1010 g/mol. The van der Waals surface area contributed by atoms with Gasteiger partial charge in [0.25, 0.3) is 0 Å². The molecule has 420 valence electrons. The van der Waals surface area contributed by atoms with Crippen LogP contribution in [0, 0.1) is 18.2 Å². The molecule has 77 heavy (non-hydrogen) atoms. The number of halogens is 1. The predicted molar refractivity (Wildman–Crippen MR) is 285 cm³/mol. The fourth-order valence-electron chi connectivity index (χ4n) is 10.0. The van der Waals surface area contributed by atoms with E-state index in [-0.39, 0.29) is 88.4 Å². The van der Waals surface area contributed by atoms with Crippen LogP contribution in [0.1, 0.15) is 130 Å². The maximum Gasteiger partial charge on any atom is 0.408 e. The van der Waals surface area contributed by atoms with Gasteiger partial charge in [0.2, 0.25) is 41.4 Å². The first-order valence-corrected chi connectivity index (χ1v) is 27.2. The van der Waals surface area contributed by atoms with Gasteiger partial charge in [0.15, 0.2) is 11.6 Å². The topological polar surface area (TPSA) is 272 Å². The Bertz CT molecular complexity index is 2640. The first-order chi connectivity index (χ1) is 36.2. The zero-order valence-corrected chi connectivity index (χ0v) is 46.4. The number of nitrogens with two attached hydrogens (primary N) is 1. The molecule has 0 bridgehead atoms. The average Bonchev–Trinajstić information content (AvgIpc) is 4.12. The summed E-state index contributed by atoms with van der Waals surface area (Å²) in [5.74, 6) is -4.27. The molecule has 20 nitrogen and oxygen atoms in total. The Kier molecular flexibility index (Phi) is 19.8. The summed E-state index contributed by atoms with van der Waals surface area (Å²) in [6, 6.07) is 6.45. The summed E-state index contributed by atoms with van der Waals surface area (Å²) in [6.07, 6.45) is -0.543. The van der Waals surface area contributed by atoms with Crippen LogP contribution in [0.3, 0.4) is 0 Å². The van der Waals surface area contributed by atoms with Crippen molar-refractivity contribution in [3.8, 4) is 16.2 Å². The van der Waals surface area contributed by atoms with Crippen LogP contribution in [-0.2, 0) is 44.7 Å². The first-order valence-electron chi connectivity index (χ1n) is 26.4. The standard InChI is InChI=1S/C55H76FN9O11S/c1-31(34-16-18-36(19-17-34)47-32(2)58-30-77-47)59-50(71)42-26-39(67)27-64(42)52(73)48(54(4,5)6)62-45(69)15-11-13-35-12-10-14-43(46(35)56)75-29-37(20-23-44(57)68)60-49(70)41-22-21-38-24-25-63(33(3)66)28-40(51(72)65(38)41)61-53(74)76-55(7,8)9/h10,12,14,16-19,30-31,37-42,48,67H,11,13,15,20-29H2,1-9H3,(H2,57,68)(H,59,71)(H,60,70)(H,61,74)(H,62,69)/t31?,37?,38-,39-,40+,41+,42+,48?/m1/s1. The Morgan fingerprint density at radius 3 is 2.26 bits per heavy atom. The zero-order valence-electron chi connectivity index (χ0n) is 45.6. The number of fused-ring (bicyclic) bond motifs is 1.